The van der Waals surface area contributed by atoms with Crippen molar-refractivity contribution in [3.63, 3.8) is 0 Å². The van der Waals surface area contributed by atoms with E-state index in [2.05, 4.69) is 20.4 Å². The molecule has 4 rings (SSSR count). The number of aliphatic imine (C=N–C) groups is 1. The van der Waals surface area contributed by atoms with E-state index in [0.717, 1.165) is 76.1 Å². The second-order valence-corrected chi connectivity index (χ2v) is 7.78. The van der Waals surface area contributed by atoms with Gasteiger partial charge in [0.2, 0.25) is 0 Å². The maximum absolute atomic E-state index is 6.00. The van der Waals surface area contributed by atoms with Crippen LogP contribution in [0.2, 0.25) is 0 Å². The SMILES string of the molecule is Cc1nnc(CN=C(NCC2CCCO2)N2CCOC(C3CCCO3)C2)n1C. The third-order valence-electron chi connectivity index (χ3n) is 5.84. The molecule has 9 nitrogen and oxygen atoms in total. The van der Waals surface area contributed by atoms with Crippen LogP contribution in [0.25, 0.3) is 0 Å². The summed E-state index contributed by atoms with van der Waals surface area (Å²) >= 11 is 0. The van der Waals surface area contributed by atoms with Gasteiger partial charge in [0, 0.05) is 39.9 Å². The molecule has 28 heavy (non-hydrogen) atoms. The van der Waals surface area contributed by atoms with Gasteiger partial charge in [-0.1, -0.05) is 0 Å². The summed E-state index contributed by atoms with van der Waals surface area (Å²) in [5.41, 5.74) is 0. The quantitative estimate of drug-likeness (QED) is 0.581. The Labute approximate surface area is 166 Å². The Hall–Kier alpha value is -1.71. The van der Waals surface area contributed by atoms with E-state index in [0.29, 0.717) is 13.2 Å². The topological polar surface area (TPSA) is 86.0 Å². The molecule has 3 aliphatic rings. The van der Waals surface area contributed by atoms with Gasteiger partial charge in [0.25, 0.3) is 0 Å². The van der Waals surface area contributed by atoms with Gasteiger partial charge in [0.15, 0.2) is 11.8 Å². The molecule has 3 fully saturated rings. The lowest BCUT2D eigenvalue weighted by Crippen LogP contribution is -2.54. The monoisotopic (exact) mass is 392 g/mol. The van der Waals surface area contributed by atoms with Crippen molar-refractivity contribution in [2.75, 3.05) is 39.5 Å². The van der Waals surface area contributed by atoms with Crippen molar-refractivity contribution in [1.82, 2.24) is 25.0 Å². The van der Waals surface area contributed by atoms with Crippen molar-refractivity contribution in [3.8, 4) is 0 Å². The number of aromatic nitrogens is 3. The van der Waals surface area contributed by atoms with E-state index < -0.39 is 0 Å². The molecular formula is C19H32N6O3. The summed E-state index contributed by atoms with van der Waals surface area (Å²) in [4.78, 5) is 7.16. The molecule has 3 aliphatic heterocycles. The van der Waals surface area contributed by atoms with E-state index in [1.807, 2.05) is 18.5 Å². The van der Waals surface area contributed by atoms with Gasteiger partial charge in [-0.05, 0) is 32.6 Å². The first-order valence-corrected chi connectivity index (χ1v) is 10.4. The van der Waals surface area contributed by atoms with Crippen LogP contribution >= 0.6 is 0 Å². The van der Waals surface area contributed by atoms with Gasteiger partial charge < -0.3 is 29.0 Å². The number of ether oxygens (including phenoxy) is 3. The zero-order chi connectivity index (χ0) is 19.3. The van der Waals surface area contributed by atoms with E-state index in [-0.39, 0.29) is 18.3 Å². The molecule has 0 amide bonds. The molecule has 1 aromatic heterocycles. The van der Waals surface area contributed by atoms with E-state index in [1.54, 1.807) is 0 Å². The average molecular weight is 393 g/mol. The predicted molar refractivity (Wildman–Crippen MR) is 104 cm³/mol. The number of aryl methyl sites for hydroxylation is 1. The first-order valence-electron chi connectivity index (χ1n) is 10.4. The van der Waals surface area contributed by atoms with E-state index in [4.69, 9.17) is 19.2 Å². The third-order valence-corrected chi connectivity index (χ3v) is 5.84. The van der Waals surface area contributed by atoms with Crippen molar-refractivity contribution >= 4 is 5.96 Å². The Kier molecular flexibility index (Phi) is 6.43. The van der Waals surface area contributed by atoms with Crippen LogP contribution in [0.3, 0.4) is 0 Å². The minimum absolute atomic E-state index is 0.100. The summed E-state index contributed by atoms with van der Waals surface area (Å²) in [6.07, 6.45) is 4.99. The molecule has 9 heteroatoms. The van der Waals surface area contributed by atoms with Crippen molar-refractivity contribution in [3.05, 3.63) is 11.6 Å². The number of nitrogens with zero attached hydrogens (tertiary/aromatic N) is 5. The van der Waals surface area contributed by atoms with E-state index >= 15 is 0 Å². The summed E-state index contributed by atoms with van der Waals surface area (Å²) in [5.74, 6) is 2.64. The number of hydrogen-bond donors (Lipinski definition) is 1. The van der Waals surface area contributed by atoms with E-state index in [9.17, 15) is 0 Å². The molecule has 0 saturated carbocycles. The minimum atomic E-state index is 0.100. The highest BCUT2D eigenvalue weighted by atomic mass is 16.5. The van der Waals surface area contributed by atoms with Crippen LogP contribution in [0, 0.1) is 6.92 Å². The normalized spacial score (nSPS) is 28.9. The van der Waals surface area contributed by atoms with Crippen molar-refractivity contribution < 1.29 is 14.2 Å². The lowest BCUT2D eigenvalue weighted by atomic mass is 10.1. The third kappa shape index (κ3) is 4.64. The van der Waals surface area contributed by atoms with Crippen LogP contribution in [0.5, 0.6) is 0 Å². The molecule has 156 valence electrons. The van der Waals surface area contributed by atoms with Crippen molar-refractivity contribution in [2.24, 2.45) is 12.0 Å². The van der Waals surface area contributed by atoms with Gasteiger partial charge in [0.1, 0.15) is 18.5 Å². The number of morpholine rings is 1. The van der Waals surface area contributed by atoms with Gasteiger partial charge in [-0.15, -0.1) is 10.2 Å². The largest absolute Gasteiger partial charge is 0.376 e. The maximum atomic E-state index is 6.00. The highest BCUT2D eigenvalue weighted by Crippen LogP contribution is 2.21. The van der Waals surface area contributed by atoms with Crippen LogP contribution in [-0.2, 0) is 27.8 Å². The molecule has 3 saturated heterocycles. The van der Waals surface area contributed by atoms with Crippen LogP contribution in [0.1, 0.15) is 37.3 Å². The molecule has 4 heterocycles. The standard InChI is InChI=1S/C19H32N6O3/c1-14-22-23-18(24(14)2)12-21-19(20-11-15-5-3-8-26-15)25-7-10-28-17(13-25)16-6-4-9-27-16/h15-17H,3-13H2,1-2H3,(H,20,21). The number of rotatable bonds is 5. The summed E-state index contributed by atoms with van der Waals surface area (Å²) in [6, 6.07) is 0. The van der Waals surface area contributed by atoms with Crippen LogP contribution in [0.15, 0.2) is 4.99 Å². The Morgan fingerprint density at radius 1 is 1.11 bits per heavy atom. The zero-order valence-corrected chi connectivity index (χ0v) is 17.0. The van der Waals surface area contributed by atoms with E-state index in [1.165, 1.54) is 0 Å². The molecule has 0 aromatic carbocycles. The van der Waals surface area contributed by atoms with Gasteiger partial charge in [-0.25, -0.2) is 4.99 Å². The Balaban J connectivity index is 1.44. The second-order valence-electron chi connectivity index (χ2n) is 7.78. The Morgan fingerprint density at radius 2 is 1.93 bits per heavy atom. The first kappa shape index (κ1) is 19.6. The van der Waals surface area contributed by atoms with Gasteiger partial charge in [-0.3, -0.25) is 0 Å². The van der Waals surface area contributed by atoms with Crippen LogP contribution in [-0.4, -0.2) is 83.4 Å². The second kappa shape index (κ2) is 9.19. The molecule has 1 aromatic rings. The molecule has 3 unspecified atom stereocenters. The summed E-state index contributed by atoms with van der Waals surface area (Å²) < 4.78 is 19.6. The Morgan fingerprint density at radius 3 is 2.64 bits per heavy atom. The molecule has 0 aliphatic carbocycles. The maximum Gasteiger partial charge on any atom is 0.194 e. The highest BCUT2D eigenvalue weighted by molar-refractivity contribution is 5.80. The first-order chi connectivity index (χ1) is 13.7. The molecule has 0 bridgehead atoms. The van der Waals surface area contributed by atoms with Crippen LogP contribution < -0.4 is 5.32 Å². The molecular weight excluding hydrogens is 360 g/mol. The van der Waals surface area contributed by atoms with Gasteiger partial charge >= 0.3 is 0 Å². The Bertz CT molecular complexity index is 667. The summed E-state index contributed by atoms with van der Waals surface area (Å²) in [6.45, 7) is 7.22. The van der Waals surface area contributed by atoms with Gasteiger partial charge in [0.05, 0.1) is 18.8 Å². The van der Waals surface area contributed by atoms with Crippen molar-refractivity contribution in [2.45, 2.75) is 57.5 Å². The highest BCUT2D eigenvalue weighted by Gasteiger charge is 2.32. The number of guanidine groups is 1. The number of hydrogen-bond acceptors (Lipinski definition) is 6. The lowest BCUT2D eigenvalue weighted by molar-refractivity contribution is -0.0817. The molecule has 0 radical (unpaired) electrons. The smallest absolute Gasteiger partial charge is 0.194 e. The number of nitrogens with one attached hydrogen (secondary N) is 1. The minimum Gasteiger partial charge on any atom is -0.376 e. The molecule has 1 N–H and O–H groups in total. The summed E-state index contributed by atoms with van der Waals surface area (Å²) in [5, 5.41) is 11.9. The fourth-order valence-corrected chi connectivity index (χ4v) is 4.00. The predicted octanol–water partition coefficient (Wildman–Crippen LogP) is 0.628. The average Bonchev–Trinajstić information content (AvgIpc) is 3.47. The fourth-order valence-electron chi connectivity index (χ4n) is 4.00. The summed E-state index contributed by atoms with van der Waals surface area (Å²) in [7, 11) is 1.97. The molecule has 0 spiro atoms. The molecule has 3 atom stereocenters. The van der Waals surface area contributed by atoms with Gasteiger partial charge in [-0.2, -0.15) is 0 Å². The fraction of sp³-hybridized carbons (Fsp3) is 0.842. The zero-order valence-electron chi connectivity index (χ0n) is 17.0. The lowest BCUT2D eigenvalue weighted by Gasteiger charge is -2.37. The van der Waals surface area contributed by atoms with Crippen molar-refractivity contribution in [1.29, 1.82) is 0 Å². The van der Waals surface area contributed by atoms with Crippen LogP contribution in [0.4, 0.5) is 0 Å².